The van der Waals surface area contributed by atoms with Crippen LogP contribution in [0.15, 0.2) is 29.2 Å². The summed E-state index contributed by atoms with van der Waals surface area (Å²) >= 11 is 3.05. The Morgan fingerprint density at radius 2 is 1.95 bits per heavy atom. The molecule has 1 amide bonds. The van der Waals surface area contributed by atoms with Crippen LogP contribution in [0, 0.1) is 20.8 Å². The second-order valence-electron chi connectivity index (χ2n) is 4.31. The molecule has 0 unspecified atom stereocenters. The molecule has 1 aromatic carbocycles. The number of amides is 1. The van der Waals surface area contributed by atoms with Crippen molar-refractivity contribution in [3.63, 3.8) is 0 Å². The number of aryl methyl sites for hydroxylation is 3. The number of hydrogen-bond acceptors (Lipinski definition) is 4. The number of aromatic nitrogens is 1. The summed E-state index contributed by atoms with van der Waals surface area (Å²) in [6.45, 7) is 6.00. The van der Waals surface area contributed by atoms with Crippen LogP contribution in [-0.2, 0) is 4.79 Å². The zero-order valence-corrected chi connectivity index (χ0v) is 12.8. The third kappa shape index (κ3) is 4.08. The second-order valence-corrected chi connectivity index (χ2v) is 6.56. The Morgan fingerprint density at radius 3 is 2.53 bits per heavy atom. The molecule has 1 N–H and O–H groups in total. The van der Waals surface area contributed by atoms with Gasteiger partial charge in [-0.3, -0.25) is 4.79 Å². The zero-order chi connectivity index (χ0) is 13.8. The molecule has 0 fully saturated rings. The number of anilines is 1. The summed E-state index contributed by atoms with van der Waals surface area (Å²) < 4.78 is 0. The molecule has 3 nitrogen and oxygen atoms in total. The van der Waals surface area contributed by atoms with Crippen molar-refractivity contribution in [3.05, 3.63) is 40.4 Å². The number of carbonyl (C=O) groups is 1. The first-order chi connectivity index (χ1) is 9.04. The van der Waals surface area contributed by atoms with Gasteiger partial charge >= 0.3 is 0 Å². The number of nitrogens with one attached hydrogen (secondary N) is 1. The maximum Gasteiger partial charge on any atom is 0.236 e. The number of benzene rings is 1. The summed E-state index contributed by atoms with van der Waals surface area (Å²) in [5.74, 6) is 0.389. The maximum atomic E-state index is 11.8. The summed E-state index contributed by atoms with van der Waals surface area (Å²) in [7, 11) is 0. The van der Waals surface area contributed by atoms with Gasteiger partial charge in [-0.2, -0.15) is 0 Å². The number of rotatable bonds is 4. The lowest BCUT2D eigenvalue weighted by molar-refractivity contribution is -0.113. The smallest absolute Gasteiger partial charge is 0.236 e. The fourth-order valence-electron chi connectivity index (χ4n) is 1.46. The molecule has 0 aliphatic carbocycles. The molecule has 0 aliphatic rings. The fourth-order valence-corrected chi connectivity index (χ4v) is 2.99. The summed E-state index contributed by atoms with van der Waals surface area (Å²) in [4.78, 5) is 18.3. The molecule has 100 valence electrons. The van der Waals surface area contributed by atoms with E-state index in [0.29, 0.717) is 10.9 Å². The lowest BCUT2D eigenvalue weighted by Crippen LogP contribution is -2.13. The Balaban J connectivity index is 1.86. The molecule has 0 saturated carbocycles. The molecule has 5 heteroatoms. The highest BCUT2D eigenvalue weighted by Crippen LogP contribution is 2.22. The van der Waals surface area contributed by atoms with Gasteiger partial charge in [0.1, 0.15) is 0 Å². The molecular weight excluding hydrogens is 276 g/mol. The normalized spacial score (nSPS) is 10.5. The van der Waals surface area contributed by atoms with E-state index in [9.17, 15) is 4.79 Å². The van der Waals surface area contributed by atoms with Gasteiger partial charge < -0.3 is 5.32 Å². The van der Waals surface area contributed by atoms with Crippen molar-refractivity contribution in [1.29, 1.82) is 0 Å². The molecule has 19 heavy (non-hydrogen) atoms. The van der Waals surface area contributed by atoms with Gasteiger partial charge in [0.2, 0.25) is 5.91 Å². The van der Waals surface area contributed by atoms with Crippen molar-refractivity contribution in [2.75, 3.05) is 11.1 Å². The van der Waals surface area contributed by atoms with Gasteiger partial charge in [0.15, 0.2) is 5.13 Å². The molecule has 1 heterocycles. The summed E-state index contributed by atoms with van der Waals surface area (Å²) in [5.41, 5.74) is 2.20. The molecule has 2 aromatic rings. The zero-order valence-electron chi connectivity index (χ0n) is 11.2. The van der Waals surface area contributed by atoms with Crippen LogP contribution in [-0.4, -0.2) is 16.6 Å². The van der Waals surface area contributed by atoms with Gasteiger partial charge in [0.05, 0.1) is 11.4 Å². The van der Waals surface area contributed by atoms with Crippen molar-refractivity contribution in [1.82, 2.24) is 4.98 Å². The van der Waals surface area contributed by atoms with Crippen molar-refractivity contribution in [2.24, 2.45) is 0 Å². The highest BCUT2D eigenvalue weighted by Gasteiger charge is 2.08. The number of hydrogen-bond donors (Lipinski definition) is 1. The predicted molar refractivity (Wildman–Crippen MR) is 82.1 cm³/mol. The largest absolute Gasteiger partial charge is 0.301 e. The van der Waals surface area contributed by atoms with E-state index >= 15 is 0 Å². The Kier molecular flexibility index (Phi) is 4.61. The van der Waals surface area contributed by atoms with Gasteiger partial charge in [-0.15, -0.1) is 23.1 Å². The van der Waals surface area contributed by atoms with Gasteiger partial charge in [0, 0.05) is 9.77 Å². The Morgan fingerprint density at radius 1 is 1.26 bits per heavy atom. The summed E-state index contributed by atoms with van der Waals surface area (Å²) in [5, 5.41) is 3.52. The van der Waals surface area contributed by atoms with Crippen LogP contribution < -0.4 is 5.32 Å². The Labute approximate surface area is 121 Å². The minimum atomic E-state index is -0.0145. The maximum absolute atomic E-state index is 11.8. The number of carbonyl (C=O) groups excluding carboxylic acids is 1. The van der Waals surface area contributed by atoms with Crippen LogP contribution in [0.5, 0.6) is 0 Å². The first kappa shape index (κ1) is 14.1. The van der Waals surface area contributed by atoms with E-state index in [1.54, 1.807) is 0 Å². The predicted octanol–water partition coefficient (Wildman–Crippen LogP) is 3.80. The minimum absolute atomic E-state index is 0.0145. The molecule has 0 spiro atoms. The number of thioether (sulfide) groups is 1. The first-order valence-electron chi connectivity index (χ1n) is 5.98. The summed E-state index contributed by atoms with van der Waals surface area (Å²) in [6, 6.07) is 8.16. The quantitative estimate of drug-likeness (QED) is 0.872. The molecular formula is C14H16N2OS2. The highest BCUT2D eigenvalue weighted by atomic mass is 32.2. The summed E-state index contributed by atoms with van der Waals surface area (Å²) in [6.07, 6.45) is 0. The average Bonchev–Trinajstić information content (AvgIpc) is 2.67. The minimum Gasteiger partial charge on any atom is -0.301 e. The van der Waals surface area contributed by atoms with E-state index < -0.39 is 0 Å². The van der Waals surface area contributed by atoms with E-state index in [2.05, 4.69) is 10.3 Å². The van der Waals surface area contributed by atoms with Crippen molar-refractivity contribution in [3.8, 4) is 0 Å². The van der Waals surface area contributed by atoms with Crippen LogP contribution in [0.25, 0.3) is 0 Å². The Bertz CT molecular complexity index is 556. The van der Waals surface area contributed by atoms with E-state index in [0.717, 1.165) is 15.5 Å². The number of nitrogens with zero attached hydrogens (tertiary/aromatic N) is 1. The van der Waals surface area contributed by atoms with Crippen molar-refractivity contribution < 1.29 is 4.79 Å². The van der Waals surface area contributed by atoms with Gasteiger partial charge in [-0.25, -0.2) is 4.98 Å². The molecule has 0 atom stereocenters. The SMILES string of the molecule is Cc1ccc(SCC(=O)Nc2nc(C)c(C)s2)cc1. The lowest BCUT2D eigenvalue weighted by atomic mass is 10.2. The van der Waals surface area contributed by atoms with Gasteiger partial charge in [-0.1, -0.05) is 17.7 Å². The monoisotopic (exact) mass is 292 g/mol. The molecule has 1 aromatic heterocycles. The van der Waals surface area contributed by atoms with Gasteiger partial charge in [-0.05, 0) is 32.9 Å². The topological polar surface area (TPSA) is 42.0 Å². The Hall–Kier alpha value is -1.33. The molecule has 0 saturated heterocycles. The highest BCUT2D eigenvalue weighted by molar-refractivity contribution is 8.00. The number of thiazole rings is 1. The molecule has 0 radical (unpaired) electrons. The average molecular weight is 292 g/mol. The third-order valence-corrected chi connectivity index (χ3v) is 4.67. The van der Waals surface area contributed by atoms with Crippen LogP contribution in [0.2, 0.25) is 0 Å². The van der Waals surface area contributed by atoms with Crippen LogP contribution >= 0.6 is 23.1 Å². The van der Waals surface area contributed by atoms with Gasteiger partial charge in [0.25, 0.3) is 0 Å². The van der Waals surface area contributed by atoms with Crippen molar-refractivity contribution >= 4 is 34.1 Å². The van der Waals surface area contributed by atoms with Crippen molar-refractivity contribution in [2.45, 2.75) is 25.7 Å². The van der Waals surface area contributed by atoms with E-state index in [-0.39, 0.29) is 5.91 Å². The first-order valence-corrected chi connectivity index (χ1v) is 7.78. The van der Waals surface area contributed by atoms with E-state index in [4.69, 9.17) is 0 Å². The molecule has 0 bridgehead atoms. The fraction of sp³-hybridized carbons (Fsp3) is 0.286. The van der Waals surface area contributed by atoms with Crippen LogP contribution in [0.1, 0.15) is 16.1 Å². The van der Waals surface area contributed by atoms with Crippen LogP contribution in [0.3, 0.4) is 0 Å². The van der Waals surface area contributed by atoms with Crippen LogP contribution in [0.4, 0.5) is 5.13 Å². The molecule has 0 aliphatic heterocycles. The van der Waals surface area contributed by atoms with E-state index in [1.165, 1.54) is 28.7 Å². The standard InChI is InChI=1S/C14H16N2OS2/c1-9-4-6-12(7-5-9)18-8-13(17)16-14-15-10(2)11(3)19-14/h4-7H,8H2,1-3H3,(H,15,16,17). The van der Waals surface area contributed by atoms with E-state index in [1.807, 2.05) is 45.0 Å². The lowest BCUT2D eigenvalue weighted by Gasteiger charge is -2.02. The molecule has 2 rings (SSSR count). The second kappa shape index (κ2) is 6.21. The third-order valence-electron chi connectivity index (χ3n) is 2.67.